The van der Waals surface area contributed by atoms with Gasteiger partial charge in [0.15, 0.2) is 4.80 Å². The van der Waals surface area contributed by atoms with Crippen LogP contribution < -0.4 is 4.80 Å². The molecule has 1 aromatic heterocycles. The molecule has 0 aliphatic rings. The number of rotatable bonds is 1. The van der Waals surface area contributed by atoms with Gasteiger partial charge < -0.3 is 9.67 Å². The minimum absolute atomic E-state index is 0. The third kappa shape index (κ3) is 2.48. The highest BCUT2D eigenvalue weighted by Gasteiger charge is 2.15. The van der Waals surface area contributed by atoms with Crippen molar-refractivity contribution in [2.45, 2.75) is 6.92 Å². The van der Waals surface area contributed by atoms with E-state index in [2.05, 4.69) is 10.6 Å². The van der Waals surface area contributed by atoms with Crippen molar-refractivity contribution in [2.24, 2.45) is 12.0 Å². The summed E-state index contributed by atoms with van der Waals surface area (Å²) in [6.07, 6.45) is 0. The van der Waals surface area contributed by atoms with Gasteiger partial charge in [0.25, 0.3) is 0 Å². The van der Waals surface area contributed by atoms with Crippen LogP contribution in [0.2, 0.25) is 0 Å². The summed E-state index contributed by atoms with van der Waals surface area (Å²) in [6.45, 7) is 1.97. The average molecular weight is 357 g/mol. The fourth-order valence-electron chi connectivity index (χ4n) is 2.93. The molecule has 4 aromatic rings. The normalized spacial score (nSPS) is 11.8. The maximum atomic E-state index is 10.5. The molecule has 122 valence electrons. The highest BCUT2D eigenvalue weighted by molar-refractivity contribution is 7.16. The molecule has 0 aliphatic heterocycles. The molecule has 5 heteroatoms. The Morgan fingerprint density at radius 2 is 1.58 bits per heavy atom. The summed E-state index contributed by atoms with van der Waals surface area (Å²) < 4.78 is 3.19. The molecule has 4 rings (SSSR count). The van der Waals surface area contributed by atoms with Gasteiger partial charge in [-0.15, -0.1) is 12.4 Å². The van der Waals surface area contributed by atoms with Crippen LogP contribution in [0.4, 0.5) is 5.69 Å². The Kier molecular flexibility index (Phi) is 4.35. The average Bonchev–Trinajstić information content (AvgIpc) is 2.91. The molecule has 0 unspecified atom stereocenters. The topological polar surface area (TPSA) is 37.5 Å². The van der Waals surface area contributed by atoms with Crippen molar-refractivity contribution in [3.05, 3.63) is 65.0 Å². The van der Waals surface area contributed by atoms with E-state index in [1.807, 2.05) is 62.5 Å². The van der Waals surface area contributed by atoms with Crippen molar-refractivity contribution in [1.82, 2.24) is 4.57 Å². The molecule has 1 heterocycles. The number of aryl methyl sites for hydroxylation is 2. The smallest absolute Gasteiger partial charge is 0.190 e. The summed E-state index contributed by atoms with van der Waals surface area (Å²) in [5.74, 6) is 0.362. The maximum absolute atomic E-state index is 10.5. The lowest BCUT2D eigenvalue weighted by atomic mass is 10.0. The summed E-state index contributed by atoms with van der Waals surface area (Å²) in [7, 11) is 2.03. The zero-order valence-electron chi connectivity index (χ0n) is 13.4. The monoisotopic (exact) mass is 356 g/mol. The first-order chi connectivity index (χ1) is 11.2. The van der Waals surface area contributed by atoms with Gasteiger partial charge in [0, 0.05) is 23.4 Å². The number of phenols is 1. The number of aromatic nitrogens is 1. The maximum Gasteiger partial charge on any atom is 0.190 e. The molecule has 0 saturated heterocycles. The van der Waals surface area contributed by atoms with Gasteiger partial charge in [0.2, 0.25) is 0 Å². The van der Waals surface area contributed by atoms with E-state index in [-0.39, 0.29) is 12.4 Å². The quantitative estimate of drug-likeness (QED) is 0.508. The summed E-state index contributed by atoms with van der Waals surface area (Å²) in [5.41, 5.74) is 2.96. The molecule has 0 atom stereocenters. The standard InChI is InChI=1S/C19H16N2OS.ClH/c1-12-17(22)15-11-7-6-10-14(15)16-18(12)23-19(21(16)2)20-13-8-4-3-5-9-13;/h3-11,22H,1-2H3;1H/b20-19+;. The van der Waals surface area contributed by atoms with Crippen LogP contribution in [0.5, 0.6) is 5.75 Å². The highest BCUT2D eigenvalue weighted by Crippen LogP contribution is 2.37. The Morgan fingerprint density at radius 1 is 0.958 bits per heavy atom. The van der Waals surface area contributed by atoms with E-state index in [0.717, 1.165) is 37.0 Å². The Balaban J connectivity index is 0.00000169. The summed E-state index contributed by atoms with van der Waals surface area (Å²) >= 11 is 1.61. The van der Waals surface area contributed by atoms with Gasteiger partial charge in [-0.25, -0.2) is 4.99 Å². The predicted octanol–water partition coefficient (Wildman–Crippen LogP) is 5.06. The van der Waals surface area contributed by atoms with E-state index in [1.54, 1.807) is 11.3 Å². The Bertz CT molecular complexity index is 1100. The minimum Gasteiger partial charge on any atom is -0.507 e. The second-order valence-electron chi connectivity index (χ2n) is 5.59. The number of aromatic hydroxyl groups is 1. The first kappa shape index (κ1) is 16.6. The van der Waals surface area contributed by atoms with Crippen molar-refractivity contribution in [1.29, 1.82) is 0 Å². The zero-order chi connectivity index (χ0) is 16.0. The number of hydrogen-bond donors (Lipinski definition) is 1. The second-order valence-corrected chi connectivity index (χ2v) is 6.57. The van der Waals surface area contributed by atoms with Gasteiger partial charge in [-0.1, -0.05) is 53.8 Å². The molecule has 0 spiro atoms. The third-order valence-electron chi connectivity index (χ3n) is 4.14. The molecular weight excluding hydrogens is 340 g/mol. The molecular formula is C19H17ClN2OS. The first-order valence-corrected chi connectivity index (χ1v) is 8.28. The van der Waals surface area contributed by atoms with Gasteiger partial charge in [-0.3, -0.25) is 0 Å². The predicted molar refractivity (Wildman–Crippen MR) is 104 cm³/mol. The third-order valence-corrected chi connectivity index (χ3v) is 5.40. The van der Waals surface area contributed by atoms with Crippen LogP contribution in [0, 0.1) is 6.92 Å². The molecule has 0 aliphatic carbocycles. The lowest BCUT2D eigenvalue weighted by Crippen LogP contribution is -2.09. The van der Waals surface area contributed by atoms with Gasteiger partial charge in [0.05, 0.1) is 15.9 Å². The van der Waals surface area contributed by atoms with E-state index in [0.29, 0.717) is 5.75 Å². The van der Waals surface area contributed by atoms with Crippen molar-refractivity contribution in [2.75, 3.05) is 0 Å². The van der Waals surface area contributed by atoms with Crippen molar-refractivity contribution in [3.63, 3.8) is 0 Å². The largest absolute Gasteiger partial charge is 0.507 e. The number of thiazole rings is 1. The van der Waals surface area contributed by atoms with Gasteiger partial charge in [-0.2, -0.15) is 0 Å². The Morgan fingerprint density at radius 3 is 2.29 bits per heavy atom. The van der Waals surface area contributed by atoms with E-state index < -0.39 is 0 Å². The van der Waals surface area contributed by atoms with Crippen LogP contribution in [0.3, 0.4) is 0 Å². The Labute approximate surface area is 149 Å². The Hall–Kier alpha value is -2.30. The van der Waals surface area contributed by atoms with Gasteiger partial charge in [0.1, 0.15) is 5.75 Å². The van der Waals surface area contributed by atoms with Crippen molar-refractivity contribution in [3.8, 4) is 5.75 Å². The molecule has 0 amide bonds. The number of fused-ring (bicyclic) bond motifs is 3. The van der Waals surface area contributed by atoms with E-state index in [9.17, 15) is 5.11 Å². The molecule has 3 nitrogen and oxygen atoms in total. The zero-order valence-corrected chi connectivity index (χ0v) is 15.0. The number of benzene rings is 3. The van der Waals surface area contributed by atoms with E-state index in [4.69, 9.17) is 4.99 Å². The summed E-state index contributed by atoms with van der Waals surface area (Å²) in [6, 6.07) is 17.9. The molecule has 0 bridgehead atoms. The molecule has 3 aromatic carbocycles. The highest BCUT2D eigenvalue weighted by atomic mass is 35.5. The summed E-state index contributed by atoms with van der Waals surface area (Å²) in [4.78, 5) is 5.68. The number of nitrogens with zero attached hydrogens (tertiary/aromatic N) is 2. The molecule has 0 radical (unpaired) electrons. The lowest BCUT2D eigenvalue weighted by molar-refractivity contribution is 0.478. The van der Waals surface area contributed by atoms with Crippen LogP contribution in [0.1, 0.15) is 5.56 Å². The van der Waals surface area contributed by atoms with Crippen LogP contribution in [0.25, 0.3) is 21.0 Å². The summed E-state index contributed by atoms with van der Waals surface area (Å²) in [5, 5.41) is 12.5. The first-order valence-electron chi connectivity index (χ1n) is 7.46. The number of halogens is 1. The second kappa shape index (κ2) is 6.30. The van der Waals surface area contributed by atoms with Gasteiger partial charge >= 0.3 is 0 Å². The molecule has 24 heavy (non-hydrogen) atoms. The number of phenolic OH excluding ortho intramolecular Hbond substituents is 1. The number of para-hydroxylation sites is 1. The number of hydrogen-bond acceptors (Lipinski definition) is 3. The van der Waals surface area contributed by atoms with Crippen LogP contribution in [-0.2, 0) is 7.05 Å². The van der Waals surface area contributed by atoms with Crippen molar-refractivity contribution < 1.29 is 5.11 Å². The van der Waals surface area contributed by atoms with Crippen LogP contribution >= 0.6 is 23.7 Å². The molecule has 1 N–H and O–H groups in total. The SMILES string of the molecule is Cc1c(O)c2ccccc2c2c1s/c(=N/c1ccccc1)n2C.Cl. The van der Waals surface area contributed by atoms with Crippen LogP contribution in [0.15, 0.2) is 59.6 Å². The van der Waals surface area contributed by atoms with E-state index >= 15 is 0 Å². The fourth-order valence-corrected chi connectivity index (χ4v) is 4.08. The fraction of sp³-hybridized carbons (Fsp3) is 0.105. The van der Waals surface area contributed by atoms with E-state index in [1.165, 1.54) is 0 Å². The van der Waals surface area contributed by atoms with Crippen LogP contribution in [-0.4, -0.2) is 9.67 Å². The lowest BCUT2D eigenvalue weighted by Gasteiger charge is -2.08. The molecule has 0 saturated carbocycles. The van der Waals surface area contributed by atoms with Crippen molar-refractivity contribution >= 4 is 50.4 Å². The van der Waals surface area contributed by atoms with Gasteiger partial charge in [-0.05, 0) is 19.1 Å². The molecule has 0 fully saturated rings. The minimum atomic E-state index is 0.